The summed E-state index contributed by atoms with van der Waals surface area (Å²) in [5, 5.41) is 15.4. The van der Waals surface area contributed by atoms with Crippen LogP contribution in [0.15, 0.2) is 71.9 Å². The molecule has 0 spiro atoms. The number of hydrogen-bond donors (Lipinski definition) is 0. The zero-order valence-corrected chi connectivity index (χ0v) is 17.4. The second kappa shape index (κ2) is 8.52. The van der Waals surface area contributed by atoms with Crippen molar-refractivity contribution >= 4 is 17.4 Å². The van der Waals surface area contributed by atoms with E-state index in [1.54, 1.807) is 12.1 Å². The highest BCUT2D eigenvalue weighted by atomic mass is 16.7. The molecule has 4 rings (SSSR count). The number of hydrogen-bond acceptors (Lipinski definition) is 5. The Labute approximate surface area is 180 Å². The zero-order valence-electron chi connectivity index (χ0n) is 17.4. The van der Waals surface area contributed by atoms with E-state index < -0.39 is 5.97 Å². The first-order chi connectivity index (χ1) is 15.0. The Morgan fingerprint density at radius 3 is 2.32 bits per heavy atom. The van der Waals surface area contributed by atoms with Crippen LogP contribution in [0.2, 0.25) is 0 Å². The third kappa shape index (κ3) is 3.97. The maximum atomic E-state index is 11.4. The van der Waals surface area contributed by atoms with Gasteiger partial charge in [-0.2, -0.15) is 0 Å². The normalized spacial score (nSPS) is 14.6. The summed E-state index contributed by atoms with van der Waals surface area (Å²) in [5.41, 5.74) is 6.54. The molecule has 6 nitrogen and oxygen atoms in total. The van der Waals surface area contributed by atoms with Gasteiger partial charge in [0.1, 0.15) is 5.71 Å². The minimum absolute atomic E-state index is 0.0700. The van der Waals surface area contributed by atoms with E-state index in [2.05, 4.69) is 18.1 Å². The van der Waals surface area contributed by atoms with Crippen LogP contribution in [0.1, 0.15) is 54.9 Å². The van der Waals surface area contributed by atoms with Crippen LogP contribution in [0.5, 0.6) is 0 Å². The van der Waals surface area contributed by atoms with Crippen molar-refractivity contribution in [3.63, 3.8) is 0 Å². The number of non-ortho nitro benzene ring substituents is 1. The highest BCUT2D eigenvalue weighted by Crippen LogP contribution is 2.48. The molecule has 0 aromatic heterocycles. The Morgan fingerprint density at radius 2 is 1.68 bits per heavy atom. The van der Waals surface area contributed by atoms with E-state index in [4.69, 9.17) is 4.84 Å². The van der Waals surface area contributed by atoms with Crippen LogP contribution in [0.3, 0.4) is 0 Å². The van der Waals surface area contributed by atoms with Crippen LogP contribution in [-0.2, 0) is 9.63 Å². The maximum Gasteiger partial charge on any atom is 0.332 e. The molecule has 0 amide bonds. The molecule has 1 aliphatic carbocycles. The zero-order chi connectivity index (χ0) is 22.0. The number of oxime groups is 1. The Balaban J connectivity index is 1.84. The van der Waals surface area contributed by atoms with Gasteiger partial charge in [-0.15, -0.1) is 0 Å². The van der Waals surface area contributed by atoms with Crippen molar-refractivity contribution in [2.75, 3.05) is 0 Å². The number of carbonyl (C=O) groups is 1. The summed E-state index contributed by atoms with van der Waals surface area (Å²) in [5.74, 6) is -0.418. The van der Waals surface area contributed by atoms with Crippen molar-refractivity contribution in [3.8, 4) is 11.1 Å². The molecule has 0 heterocycles. The number of nitro groups is 1. The number of benzene rings is 3. The summed E-state index contributed by atoms with van der Waals surface area (Å²) in [6, 6.07) is 20.7. The Kier molecular flexibility index (Phi) is 5.62. The molecule has 3 aromatic rings. The lowest BCUT2D eigenvalue weighted by molar-refractivity contribution is -0.384. The minimum atomic E-state index is -0.488. The monoisotopic (exact) mass is 414 g/mol. The Morgan fingerprint density at radius 1 is 1.00 bits per heavy atom. The topological polar surface area (TPSA) is 81.8 Å². The van der Waals surface area contributed by atoms with Gasteiger partial charge in [0.25, 0.3) is 5.69 Å². The molecule has 31 heavy (non-hydrogen) atoms. The van der Waals surface area contributed by atoms with Crippen molar-refractivity contribution in [1.82, 2.24) is 0 Å². The molecule has 0 bridgehead atoms. The first-order valence-electron chi connectivity index (χ1n) is 10.2. The summed E-state index contributed by atoms with van der Waals surface area (Å²) in [4.78, 5) is 27.3. The summed E-state index contributed by atoms with van der Waals surface area (Å²) in [7, 11) is 0. The number of fused-ring (bicyclic) bond motifs is 3. The van der Waals surface area contributed by atoms with Gasteiger partial charge in [0.2, 0.25) is 0 Å². The first-order valence-corrected chi connectivity index (χ1v) is 10.2. The van der Waals surface area contributed by atoms with Gasteiger partial charge in [-0.3, -0.25) is 10.1 Å². The van der Waals surface area contributed by atoms with Crippen LogP contribution < -0.4 is 0 Å². The van der Waals surface area contributed by atoms with Crippen molar-refractivity contribution in [2.45, 2.75) is 32.6 Å². The fourth-order valence-electron chi connectivity index (χ4n) is 4.19. The molecule has 0 aliphatic heterocycles. The smallest absolute Gasteiger partial charge is 0.318 e. The molecule has 0 saturated carbocycles. The molecular weight excluding hydrogens is 392 g/mol. The van der Waals surface area contributed by atoms with Crippen molar-refractivity contribution in [1.29, 1.82) is 0 Å². The van der Waals surface area contributed by atoms with E-state index in [0.717, 1.165) is 46.2 Å². The molecule has 3 aromatic carbocycles. The standard InChI is InChI=1S/C25H22N2O4/c1-3-7-20-23-14-18(25(26-31-16(2)28)17-8-5-4-6-9-17)10-12-21(23)22-13-11-19(27(29)30)15-24(20)22/h4-6,8-15,20H,3,7H2,1-2H3. The van der Waals surface area contributed by atoms with E-state index in [0.29, 0.717) is 5.71 Å². The van der Waals surface area contributed by atoms with Gasteiger partial charge in [-0.05, 0) is 40.8 Å². The van der Waals surface area contributed by atoms with Gasteiger partial charge in [0.15, 0.2) is 0 Å². The van der Waals surface area contributed by atoms with Crippen LogP contribution in [0, 0.1) is 10.1 Å². The predicted octanol–water partition coefficient (Wildman–Crippen LogP) is 5.82. The summed E-state index contributed by atoms with van der Waals surface area (Å²) < 4.78 is 0. The fourth-order valence-corrected chi connectivity index (χ4v) is 4.19. The van der Waals surface area contributed by atoms with Gasteiger partial charge >= 0.3 is 5.97 Å². The second-order valence-corrected chi connectivity index (χ2v) is 7.56. The maximum absolute atomic E-state index is 11.4. The molecular formula is C25H22N2O4. The average Bonchev–Trinajstić information content (AvgIpc) is 3.07. The van der Waals surface area contributed by atoms with Crippen LogP contribution in [0.4, 0.5) is 5.69 Å². The Bertz CT molecular complexity index is 1190. The van der Waals surface area contributed by atoms with Crippen LogP contribution in [0.25, 0.3) is 11.1 Å². The molecule has 6 heteroatoms. The number of nitrogens with zero attached hydrogens (tertiary/aromatic N) is 2. The summed E-state index contributed by atoms with van der Waals surface area (Å²) in [6.45, 7) is 3.42. The number of rotatable bonds is 6. The lowest BCUT2D eigenvalue weighted by Crippen LogP contribution is -2.07. The van der Waals surface area contributed by atoms with E-state index in [-0.39, 0.29) is 16.5 Å². The van der Waals surface area contributed by atoms with Gasteiger partial charge in [0, 0.05) is 36.1 Å². The van der Waals surface area contributed by atoms with Gasteiger partial charge in [-0.1, -0.05) is 61.0 Å². The van der Waals surface area contributed by atoms with Gasteiger partial charge in [-0.25, -0.2) is 4.79 Å². The van der Waals surface area contributed by atoms with E-state index in [9.17, 15) is 14.9 Å². The Hall–Kier alpha value is -3.80. The van der Waals surface area contributed by atoms with Gasteiger partial charge in [0.05, 0.1) is 4.92 Å². The van der Waals surface area contributed by atoms with Crippen LogP contribution >= 0.6 is 0 Å². The third-order valence-corrected chi connectivity index (χ3v) is 5.50. The average molecular weight is 414 g/mol. The molecule has 0 fully saturated rings. The molecule has 156 valence electrons. The molecule has 0 radical (unpaired) electrons. The summed E-state index contributed by atoms with van der Waals surface area (Å²) >= 11 is 0. The number of carbonyl (C=O) groups excluding carboxylic acids is 1. The third-order valence-electron chi connectivity index (χ3n) is 5.50. The largest absolute Gasteiger partial charge is 0.332 e. The molecule has 1 unspecified atom stereocenters. The molecule has 0 N–H and O–H groups in total. The second-order valence-electron chi connectivity index (χ2n) is 7.56. The van der Waals surface area contributed by atoms with E-state index in [1.807, 2.05) is 48.5 Å². The van der Waals surface area contributed by atoms with Crippen molar-refractivity contribution in [3.05, 3.63) is 99.1 Å². The van der Waals surface area contributed by atoms with Gasteiger partial charge < -0.3 is 4.84 Å². The highest BCUT2D eigenvalue weighted by molar-refractivity contribution is 6.13. The lowest BCUT2D eigenvalue weighted by atomic mass is 9.90. The molecule has 1 atom stereocenters. The van der Waals surface area contributed by atoms with E-state index in [1.165, 1.54) is 6.92 Å². The highest BCUT2D eigenvalue weighted by Gasteiger charge is 2.30. The predicted molar refractivity (Wildman–Crippen MR) is 119 cm³/mol. The summed E-state index contributed by atoms with van der Waals surface area (Å²) in [6.07, 6.45) is 1.83. The molecule has 0 saturated heterocycles. The number of nitro benzene ring substituents is 1. The van der Waals surface area contributed by atoms with Crippen LogP contribution in [-0.4, -0.2) is 16.6 Å². The lowest BCUT2D eigenvalue weighted by Gasteiger charge is -2.14. The minimum Gasteiger partial charge on any atom is -0.318 e. The van der Waals surface area contributed by atoms with Crippen molar-refractivity contribution < 1.29 is 14.6 Å². The SMILES string of the molecule is CCCC1c2cc(C(=NOC(C)=O)c3ccccc3)ccc2-c2ccc([N+](=O)[O-])cc21. The fraction of sp³-hybridized carbons (Fsp3) is 0.200. The quantitative estimate of drug-likeness (QED) is 0.220. The van der Waals surface area contributed by atoms with E-state index >= 15 is 0 Å². The first kappa shape index (κ1) is 20.5. The van der Waals surface area contributed by atoms with Crippen molar-refractivity contribution in [2.24, 2.45) is 5.16 Å². The molecule has 1 aliphatic rings.